The van der Waals surface area contributed by atoms with Crippen molar-refractivity contribution in [2.75, 3.05) is 46.5 Å². The van der Waals surface area contributed by atoms with E-state index < -0.39 is 11.7 Å². The number of aromatic nitrogens is 1. The maximum atomic E-state index is 13.1. The predicted molar refractivity (Wildman–Crippen MR) is 115 cm³/mol. The normalized spacial score (nSPS) is 17.4. The first-order valence-electron chi connectivity index (χ1n) is 10.8. The molecule has 2 aromatic rings. The van der Waals surface area contributed by atoms with E-state index in [-0.39, 0.29) is 29.9 Å². The Hall–Kier alpha value is -3.20. The third-order valence-corrected chi connectivity index (χ3v) is 6.21. The van der Waals surface area contributed by atoms with Crippen molar-refractivity contribution in [1.82, 2.24) is 14.4 Å². The van der Waals surface area contributed by atoms with Gasteiger partial charge >= 0.3 is 5.97 Å². The third-order valence-electron chi connectivity index (χ3n) is 6.21. The molecule has 0 saturated carbocycles. The van der Waals surface area contributed by atoms with Gasteiger partial charge in [-0.25, -0.2) is 0 Å². The van der Waals surface area contributed by atoms with Gasteiger partial charge in [0.1, 0.15) is 6.54 Å². The van der Waals surface area contributed by atoms with Crippen LogP contribution in [0, 0.1) is 5.92 Å². The number of morpholine rings is 1. The lowest BCUT2D eigenvalue weighted by atomic mass is 9.96. The van der Waals surface area contributed by atoms with Crippen LogP contribution >= 0.6 is 0 Å². The zero-order valence-corrected chi connectivity index (χ0v) is 18.1. The van der Waals surface area contributed by atoms with Crippen LogP contribution in [0.3, 0.4) is 0 Å². The molecular weight excluding hydrogens is 414 g/mol. The summed E-state index contributed by atoms with van der Waals surface area (Å²) in [5.74, 6) is -1.76. The summed E-state index contributed by atoms with van der Waals surface area (Å²) >= 11 is 0. The fourth-order valence-corrected chi connectivity index (χ4v) is 4.36. The number of nitrogens with zero attached hydrogens (tertiary/aromatic N) is 3. The summed E-state index contributed by atoms with van der Waals surface area (Å²) in [6, 6.07) is 7.27. The van der Waals surface area contributed by atoms with E-state index in [1.807, 2.05) is 12.1 Å². The number of fused-ring (bicyclic) bond motifs is 1. The van der Waals surface area contributed by atoms with Crippen molar-refractivity contribution in [1.29, 1.82) is 0 Å². The molecule has 1 aromatic heterocycles. The summed E-state index contributed by atoms with van der Waals surface area (Å²) in [6.07, 6.45) is 2.55. The van der Waals surface area contributed by atoms with Crippen molar-refractivity contribution in [2.45, 2.75) is 19.4 Å². The predicted octanol–water partition coefficient (Wildman–Crippen LogP) is 1.09. The molecule has 2 fully saturated rings. The number of likely N-dealkylation sites (tertiary alicyclic amines) is 1. The maximum absolute atomic E-state index is 13.1. The number of ketones is 1. The van der Waals surface area contributed by atoms with Gasteiger partial charge in [0.25, 0.3) is 11.7 Å². The number of carbonyl (C=O) groups excluding carboxylic acids is 4. The highest BCUT2D eigenvalue weighted by atomic mass is 16.5. The van der Waals surface area contributed by atoms with Gasteiger partial charge in [-0.3, -0.25) is 19.2 Å². The minimum absolute atomic E-state index is 0.0516. The second kappa shape index (κ2) is 9.52. The van der Waals surface area contributed by atoms with E-state index in [1.165, 1.54) is 12.0 Å². The second-order valence-corrected chi connectivity index (χ2v) is 8.10. The van der Waals surface area contributed by atoms with Crippen LogP contribution < -0.4 is 0 Å². The average molecular weight is 441 g/mol. The van der Waals surface area contributed by atoms with Crippen molar-refractivity contribution in [2.24, 2.45) is 5.92 Å². The number of hydrogen-bond donors (Lipinski definition) is 0. The van der Waals surface area contributed by atoms with E-state index >= 15 is 0 Å². The van der Waals surface area contributed by atoms with Crippen molar-refractivity contribution in [3.05, 3.63) is 36.0 Å². The van der Waals surface area contributed by atoms with Gasteiger partial charge in [-0.05, 0) is 18.9 Å². The highest BCUT2D eigenvalue weighted by Crippen LogP contribution is 2.24. The minimum atomic E-state index is -0.602. The molecule has 2 aliphatic rings. The molecule has 0 N–H and O–H groups in total. The molecule has 0 atom stereocenters. The topological polar surface area (TPSA) is 98.2 Å². The van der Waals surface area contributed by atoms with Crippen LogP contribution in [0.5, 0.6) is 0 Å². The van der Waals surface area contributed by atoms with Crippen LogP contribution in [-0.4, -0.2) is 84.4 Å². The Morgan fingerprint density at radius 1 is 1.00 bits per heavy atom. The summed E-state index contributed by atoms with van der Waals surface area (Å²) in [6.45, 7) is 2.88. The first-order valence-corrected chi connectivity index (χ1v) is 10.8. The maximum Gasteiger partial charge on any atom is 0.308 e. The fraction of sp³-hybridized carbons (Fsp3) is 0.478. The van der Waals surface area contributed by atoms with E-state index in [1.54, 1.807) is 27.8 Å². The summed E-state index contributed by atoms with van der Waals surface area (Å²) < 4.78 is 11.8. The van der Waals surface area contributed by atoms with Gasteiger partial charge in [0.2, 0.25) is 5.91 Å². The highest BCUT2D eigenvalue weighted by Gasteiger charge is 2.32. The van der Waals surface area contributed by atoms with E-state index in [4.69, 9.17) is 9.47 Å². The lowest BCUT2D eigenvalue weighted by molar-refractivity contribution is -0.148. The number of piperidine rings is 1. The van der Waals surface area contributed by atoms with E-state index in [0.29, 0.717) is 57.6 Å². The lowest BCUT2D eigenvalue weighted by Gasteiger charge is -2.30. The Morgan fingerprint density at radius 3 is 2.38 bits per heavy atom. The molecule has 3 heterocycles. The molecule has 1 aromatic carbocycles. The van der Waals surface area contributed by atoms with Crippen molar-refractivity contribution < 1.29 is 28.7 Å². The Kier molecular flexibility index (Phi) is 6.55. The van der Waals surface area contributed by atoms with Gasteiger partial charge in [-0.2, -0.15) is 0 Å². The van der Waals surface area contributed by atoms with Gasteiger partial charge in [-0.15, -0.1) is 0 Å². The highest BCUT2D eigenvalue weighted by molar-refractivity contribution is 6.44. The number of ether oxygens (including phenoxy) is 2. The molecule has 0 aliphatic carbocycles. The molecule has 0 radical (unpaired) electrons. The first-order chi connectivity index (χ1) is 15.5. The molecule has 32 heavy (non-hydrogen) atoms. The SMILES string of the molecule is COC(=O)C1CCN(C(=O)C(=O)c2cn(CC(=O)N3CCOCC3)c3ccccc23)CC1. The molecule has 0 unspecified atom stereocenters. The largest absolute Gasteiger partial charge is 0.469 e. The third kappa shape index (κ3) is 4.38. The number of benzene rings is 1. The zero-order chi connectivity index (χ0) is 22.7. The second-order valence-electron chi connectivity index (χ2n) is 8.10. The van der Waals surface area contributed by atoms with E-state index in [0.717, 1.165) is 5.52 Å². The Labute approximate surface area is 185 Å². The average Bonchev–Trinajstić information content (AvgIpc) is 3.21. The number of amides is 2. The zero-order valence-electron chi connectivity index (χ0n) is 18.1. The molecule has 4 rings (SSSR count). The molecule has 0 spiro atoms. The molecular formula is C23H27N3O6. The van der Waals surface area contributed by atoms with Crippen molar-refractivity contribution in [3.63, 3.8) is 0 Å². The van der Waals surface area contributed by atoms with Crippen LogP contribution in [-0.2, 0) is 30.4 Å². The van der Waals surface area contributed by atoms with Crippen molar-refractivity contribution in [3.8, 4) is 0 Å². The van der Waals surface area contributed by atoms with Gasteiger partial charge in [0.05, 0.1) is 31.8 Å². The standard InChI is InChI=1S/C23H27N3O6/c1-31-23(30)16-6-8-25(9-7-16)22(29)21(28)18-14-26(19-5-3-2-4-17(18)19)15-20(27)24-10-12-32-13-11-24/h2-5,14,16H,6-13,15H2,1H3. The quantitative estimate of drug-likeness (QED) is 0.392. The van der Waals surface area contributed by atoms with Crippen LogP contribution in [0.2, 0.25) is 0 Å². The number of esters is 1. The monoisotopic (exact) mass is 441 g/mol. The van der Waals surface area contributed by atoms with Crippen LogP contribution in [0.1, 0.15) is 23.2 Å². The minimum Gasteiger partial charge on any atom is -0.469 e. The summed E-state index contributed by atoms with van der Waals surface area (Å²) in [5.41, 5.74) is 1.02. The summed E-state index contributed by atoms with van der Waals surface area (Å²) in [7, 11) is 1.35. The summed E-state index contributed by atoms with van der Waals surface area (Å²) in [4.78, 5) is 53.7. The van der Waals surface area contributed by atoms with Crippen LogP contribution in [0.4, 0.5) is 0 Å². The molecule has 9 nitrogen and oxygen atoms in total. The number of carbonyl (C=O) groups is 4. The Bertz CT molecular complexity index is 1030. The smallest absolute Gasteiger partial charge is 0.308 e. The van der Waals surface area contributed by atoms with E-state index in [2.05, 4.69) is 0 Å². The first kappa shape index (κ1) is 22.0. The molecule has 170 valence electrons. The number of hydrogen-bond acceptors (Lipinski definition) is 6. The number of methoxy groups -OCH3 is 1. The van der Waals surface area contributed by atoms with Crippen molar-refractivity contribution >= 4 is 34.5 Å². The van der Waals surface area contributed by atoms with E-state index in [9.17, 15) is 19.2 Å². The number of rotatable bonds is 5. The van der Waals surface area contributed by atoms with Gasteiger partial charge in [-0.1, -0.05) is 18.2 Å². The summed E-state index contributed by atoms with van der Waals surface area (Å²) in [5, 5.41) is 0.644. The van der Waals surface area contributed by atoms with Crippen LogP contribution in [0.25, 0.3) is 10.9 Å². The Balaban J connectivity index is 1.51. The molecule has 2 amide bonds. The molecule has 2 aliphatic heterocycles. The van der Waals surface area contributed by atoms with Gasteiger partial charge < -0.3 is 23.8 Å². The van der Waals surface area contributed by atoms with Gasteiger partial charge in [0.15, 0.2) is 0 Å². The lowest BCUT2D eigenvalue weighted by Crippen LogP contribution is -2.43. The Morgan fingerprint density at radius 2 is 1.69 bits per heavy atom. The van der Waals surface area contributed by atoms with Gasteiger partial charge in [0, 0.05) is 43.3 Å². The molecule has 9 heteroatoms. The molecule has 2 saturated heterocycles. The van der Waals surface area contributed by atoms with Crippen LogP contribution in [0.15, 0.2) is 30.5 Å². The number of para-hydroxylation sites is 1. The fourth-order valence-electron chi connectivity index (χ4n) is 4.36. The number of Topliss-reactive ketones (excluding diaryl/α,β-unsaturated/α-hetero) is 1. The molecule has 0 bridgehead atoms.